The Hall–Kier alpha value is -1.55. The molecular weight excluding hydrogens is 266 g/mol. The molecule has 1 saturated carbocycles. The van der Waals surface area contributed by atoms with Crippen molar-refractivity contribution in [3.63, 3.8) is 0 Å². The molecule has 1 fully saturated rings. The number of carboxylic acids is 1. The predicted molar refractivity (Wildman–Crippen MR) is 71.9 cm³/mol. The number of carboxylic acid groups (broad SMARTS) is 1. The second-order valence-corrected chi connectivity index (χ2v) is 5.27. The van der Waals surface area contributed by atoms with Crippen molar-refractivity contribution in [3.8, 4) is 0 Å². The molecule has 0 aliphatic heterocycles. The number of rotatable bonds is 5. The molecule has 1 aromatic carbocycles. The van der Waals surface area contributed by atoms with Gasteiger partial charge < -0.3 is 10.4 Å². The van der Waals surface area contributed by atoms with Crippen molar-refractivity contribution in [3.05, 3.63) is 34.9 Å². The van der Waals surface area contributed by atoms with Gasteiger partial charge in [0.15, 0.2) is 6.04 Å². The quantitative estimate of drug-likeness (QED) is 0.872. The van der Waals surface area contributed by atoms with E-state index in [1.807, 2.05) is 0 Å². The van der Waals surface area contributed by atoms with Gasteiger partial charge in [0.05, 0.1) is 0 Å². The molecule has 0 bridgehead atoms. The van der Waals surface area contributed by atoms with Crippen molar-refractivity contribution in [2.75, 3.05) is 0 Å². The van der Waals surface area contributed by atoms with Gasteiger partial charge in [0, 0.05) is 17.0 Å². The summed E-state index contributed by atoms with van der Waals surface area (Å²) >= 11 is 5.98. The van der Waals surface area contributed by atoms with Crippen molar-refractivity contribution in [2.45, 2.75) is 31.7 Å². The van der Waals surface area contributed by atoms with Gasteiger partial charge in [-0.25, -0.2) is 4.79 Å². The van der Waals surface area contributed by atoms with E-state index in [2.05, 4.69) is 5.32 Å². The molecule has 0 aromatic heterocycles. The zero-order chi connectivity index (χ0) is 13.8. The Bertz CT molecular complexity index is 485. The van der Waals surface area contributed by atoms with Gasteiger partial charge in [-0.1, -0.05) is 36.2 Å². The van der Waals surface area contributed by atoms with Crippen LogP contribution in [0.5, 0.6) is 0 Å². The lowest BCUT2D eigenvalue weighted by Gasteiger charge is -2.25. The van der Waals surface area contributed by atoms with E-state index in [-0.39, 0.29) is 5.91 Å². The highest BCUT2D eigenvalue weighted by Gasteiger charge is 2.26. The summed E-state index contributed by atoms with van der Waals surface area (Å²) in [6.07, 6.45) is 3.66. The van der Waals surface area contributed by atoms with E-state index in [9.17, 15) is 14.7 Å². The summed E-state index contributed by atoms with van der Waals surface area (Å²) in [5.41, 5.74) is 0.415. The standard InChI is InChI=1S/C14H16ClNO3/c15-11-7-2-1-6-10(11)13(14(18)19)16-12(17)8-9-4-3-5-9/h1-2,6-7,9,13H,3-5,8H2,(H,16,17)(H,18,19)/t13-/m1/s1. The number of hydrogen-bond acceptors (Lipinski definition) is 2. The number of carbonyl (C=O) groups excluding carboxylic acids is 1. The van der Waals surface area contributed by atoms with Crippen LogP contribution in [0.25, 0.3) is 0 Å². The molecule has 1 amide bonds. The molecule has 2 rings (SSSR count). The van der Waals surface area contributed by atoms with Crippen LogP contribution in [0, 0.1) is 5.92 Å². The van der Waals surface area contributed by atoms with E-state index in [1.165, 1.54) is 0 Å². The zero-order valence-electron chi connectivity index (χ0n) is 10.4. The minimum atomic E-state index is -1.10. The summed E-state index contributed by atoms with van der Waals surface area (Å²) in [6, 6.07) is 5.58. The fourth-order valence-electron chi connectivity index (χ4n) is 2.16. The fraction of sp³-hybridized carbons (Fsp3) is 0.429. The lowest BCUT2D eigenvalue weighted by molar-refractivity contribution is -0.142. The lowest BCUT2D eigenvalue weighted by atomic mass is 9.83. The van der Waals surface area contributed by atoms with Crippen LogP contribution in [-0.2, 0) is 9.59 Å². The largest absolute Gasteiger partial charge is 0.479 e. The van der Waals surface area contributed by atoms with Crippen LogP contribution >= 0.6 is 11.6 Å². The number of benzene rings is 1. The highest BCUT2D eigenvalue weighted by Crippen LogP contribution is 2.30. The minimum Gasteiger partial charge on any atom is -0.479 e. The van der Waals surface area contributed by atoms with Gasteiger partial charge in [-0.15, -0.1) is 0 Å². The highest BCUT2D eigenvalue weighted by molar-refractivity contribution is 6.31. The summed E-state index contributed by atoms with van der Waals surface area (Å²) < 4.78 is 0. The van der Waals surface area contributed by atoms with Crippen molar-refractivity contribution in [2.24, 2.45) is 5.92 Å². The number of amides is 1. The van der Waals surface area contributed by atoms with E-state index in [0.29, 0.717) is 22.9 Å². The monoisotopic (exact) mass is 281 g/mol. The predicted octanol–water partition coefficient (Wildman–Crippen LogP) is 2.77. The minimum absolute atomic E-state index is 0.225. The van der Waals surface area contributed by atoms with Gasteiger partial charge >= 0.3 is 5.97 Å². The zero-order valence-corrected chi connectivity index (χ0v) is 11.2. The van der Waals surface area contributed by atoms with E-state index >= 15 is 0 Å². The average molecular weight is 282 g/mol. The normalized spacial score (nSPS) is 16.5. The molecule has 5 heteroatoms. The third-order valence-electron chi connectivity index (χ3n) is 3.47. The van der Waals surface area contributed by atoms with Crippen molar-refractivity contribution in [1.29, 1.82) is 0 Å². The van der Waals surface area contributed by atoms with Gasteiger partial charge in [-0.2, -0.15) is 0 Å². The maximum Gasteiger partial charge on any atom is 0.330 e. The van der Waals surface area contributed by atoms with E-state index in [0.717, 1.165) is 19.3 Å². The molecular formula is C14H16ClNO3. The van der Waals surface area contributed by atoms with Crippen LogP contribution in [0.3, 0.4) is 0 Å². The van der Waals surface area contributed by atoms with Gasteiger partial charge in [0.25, 0.3) is 0 Å². The first-order valence-electron chi connectivity index (χ1n) is 6.34. The number of halogens is 1. The first kappa shape index (κ1) is 13.9. The molecule has 19 heavy (non-hydrogen) atoms. The first-order chi connectivity index (χ1) is 9.08. The molecule has 4 nitrogen and oxygen atoms in total. The third-order valence-corrected chi connectivity index (χ3v) is 3.81. The lowest BCUT2D eigenvalue weighted by Crippen LogP contribution is -2.35. The molecule has 0 unspecified atom stereocenters. The maximum atomic E-state index is 11.8. The molecule has 2 N–H and O–H groups in total. The van der Waals surface area contributed by atoms with Gasteiger partial charge in [-0.3, -0.25) is 4.79 Å². The highest BCUT2D eigenvalue weighted by atomic mass is 35.5. The van der Waals surface area contributed by atoms with Gasteiger partial charge in [0.1, 0.15) is 0 Å². The molecule has 1 aromatic rings. The molecule has 0 spiro atoms. The van der Waals surface area contributed by atoms with E-state index in [1.54, 1.807) is 24.3 Å². The molecule has 1 atom stereocenters. The Kier molecular flexibility index (Phi) is 4.43. The Labute approximate surface area is 116 Å². The van der Waals surface area contributed by atoms with Gasteiger partial charge in [0.2, 0.25) is 5.91 Å². The number of nitrogens with one attached hydrogen (secondary N) is 1. The summed E-state index contributed by atoms with van der Waals surface area (Å²) in [4.78, 5) is 23.1. The second-order valence-electron chi connectivity index (χ2n) is 4.86. The number of aliphatic carboxylic acids is 1. The van der Waals surface area contributed by atoms with Crippen LogP contribution in [-0.4, -0.2) is 17.0 Å². The Morgan fingerprint density at radius 2 is 2.05 bits per heavy atom. The van der Waals surface area contributed by atoms with Crippen molar-refractivity contribution in [1.82, 2.24) is 5.32 Å². The third kappa shape index (κ3) is 3.47. The van der Waals surface area contributed by atoms with Crippen molar-refractivity contribution < 1.29 is 14.7 Å². The average Bonchev–Trinajstić information content (AvgIpc) is 2.32. The van der Waals surface area contributed by atoms with Crippen LogP contribution in [0.4, 0.5) is 0 Å². The molecule has 102 valence electrons. The van der Waals surface area contributed by atoms with Crippen molar-refractivity contribution >= 4 is 23.5 Å². The van der Waals surface area contributed by atoms with E-state index in [4.69, 9.17) is 11.6 Å². The maximum absolute atomic E-state index is 11.8. The van der Waals surface area contributed by atoms with E-state index < -0.39 is 12.0 Å². The Morgan fingerprint density at radius 3 is 2.58 bits per heavy atom. The molecule has 0 heterocycles. The van der Waals surface area contributed by atoms with Crippen LogP contribution in [0.15, 0.2) is 24.3 Å². The van der Waals surface area contributed by atoms with Crippen LogP contribution in [0.1, 0.15) is 37.3 Å². The van der Waals surface area contributed by atoms with Crippen LogP contribution in [0.2, 0.25) is 5.02 Å². The molecule has 1 aliphatic rings. The smallest absolute Gasteiger partial charge is 0.330 e. The molecule has 1 aliphatic carbocycles. The topological polar surface area (TPSA) is 66.4 Å². The number of hydrogen-bond donors (Lipinski definition) is 2. The summed E-state index contributed by atoms with van der Waals surface area (Å²) in [5, 5.41) is 12.1. The Balaban J connectivity index is 2.06. The van der Waals surface area contributed by atoms with Crippen LogP contribution < -0.4 is 5.32 Å². The summed E-state index contributed by atoms with van der Waals surface area (Å²) in [6.45, 7) is 0. The first-order valence-corrected chi connectivity index (χ1v) is 6.72. The molecule has 0 radical (unpaired) electrons. The summed E-state index contributed by atoms with van der Waals surface area (Å²) in [5.74, 6) is -0.923. The second kappa shape index (κ2) is 6.06. The fourth-order valence-corrected chi connectivity index (χ4v) is 2.41. The SMILES string of the molecule is O=C(CC1CCC1)N[C@@H](C(=O)O)c1ccccc1Cl. The number of carbonyl (C=O) groups is 2. The molecule has 0 saturated heterocycles. The summed E-state index contributed by atoms with van der Waals surface area (Å²) in [7, 11) is 0. The van der Waals surface area contributed by atoms with Gasteiger partial charge in [-0.05, 0) is 24.8 Å². The Morgan fingerprint density at radius 1 is 1.37 bits per heavy atom.